The molecule has 0 saturated heterocycles. The Balaban J connectivity index is 1.92. The standard InChI is InChI=1S/C15H24ClN3/c1-9(2)19-15(13(16)8-18-19)14(17-3)12-7-10-4-5-11(12)6-10/h8-12,14,17H,4-7H2,1-3H3. The van der Waals surface area contributed by atoms with Gasteiger partial charge in [-0.1, -0.05) is 18.0 Å². The maximum atomic E-state index is 6.42. The number of fused-ring (bicyclic) bond motifs is 2. The van der Waals surface area contributed by atoms with E-state index in [1.54, 1.807) is 6.20 Å². The van der Waals surface area contributed by atoms with Crippen LogP contribution in [0.25, 0.3) is 0 Å². The highest BCUT2D eigenvalue weighted by Gasteiger charge is 2.44. The zero-order valence-corrected chi connectivity index (χ0v) is 12.8. The third-order valence-corrected chi connectivity index (χ3v) is 5.39. The van der Waals surface area contributed by atoms with Gasteiger partial charge in [0.25, 0.3) is 0 Å². The fraction of sp³-hybridized carbons (Fsp3) is 0.800. The first kappa shape index (κ1) is 13.4. The molecule has 0 aromatic carbocycles. The number of nitrogens with one attached hydrogen (secondary N) is 1. The van der Waals surface area contributed by atoms with Crippen molar-refractivity contribution in [3.63, 3.8) is 0 Å². The Labute approximate surface area is 120 Å². The molecule has 19 heavy (non-hydrogen) atoms. The summed E-state index contributed by atoms with van der Waals surface area (Å²) in [5.74, 6) is 2.57. The Hall–Kier alpha value is -0.540. The van der Waals surface area contributed by atoms with Crippen LogP contribution in [0, 0.1) is 17.8 Å². The van der Waals surface area contributed by atoms with Crippen LogP contribution in [0.2, 0.25) is 5.02 Å². The van der Waals surface area contributed by atoms with Crippen molar-refractivity contribution >= 4 is 11.6 Å². The first-order valence-corrected chi connectivity index (χ1v) is 7.89. The highest BCUT2D eigenvalue weighted by molar-refractivity contribution is 6.31. The van der Waals surface area contributed by atoms with Crippen LogP contribution in [-0.4, -0.2) is 16.8 Å². The van der Waals surface area contributed by atoms with Gasteiger partial charge in [-0.3, -0.25) is 4.68 Å². The van der Waals surface area contributed by atoms with Gasteiger partial charge < -0.3 is 5.32 Å². The highest BCUT2D eigenvalue weighted by Crippen LogP contribution is 2.53. The molecule has 106 valence electrons. The Bertz CT molecular complexity index is 454. The molecule has 2 saturated carbocycles. The minimum Gasteiger partial charge on any atom is -0.311 e. The van der Waals surface area contributed by atoms with E-state index in [4.69, 9.17) is 11.6 Å². The first-order valence-electron chi connectivity index (χ1n) is 7.52. The average Bonchev–Trinajstić information content (AvgIpc) is 3.06. The zero-order chi connectivity index (χ0) is 13.6. The Morgan fingerprint density at radius 3 is 2.68 bits per heavy atom. The summed E-state index contributed by atoms with van der Waals surface area (Å²) >= 11 is 6.42. The van der Waals surface area contributed by atoms with Crippen molar-refractivity contribution in [2.45, 2.75) is 51.6 Å². The van der Waals surface area contributed by atoms with Crippen LogP contribution < -0.4 is 5.32 Å². The largest absolute Gasteiger partial charge is 0.311 e. The average molecular weight is 282 g/mol. The van der Waals surface area contributed by atoms with Gasteiger partial charge in [0.2, 0.25) is 0 Å². The van der Waals surface area contributed by atoms with Crippen molar-refractivity contribution in [1.82, 2.24) is 15.1 Å². The van der Waals surface area contributed by atoms with Gasteiger partial charge in [0.05, 0.1) is 23.0 Å². The van der Waals surface area contributed by atoms with Crippen molar-refractivity contribution < 1.29 is 0 Å². The van der Waals surface area contributed by atoms with Crippen molar-refractivity contribution in [1.29, 1.82) is 0 Å². The normalized spacial score (nSPS) is 31.3. The van der Waals surface area contributed by atoms with Gasteiger partial charge in [0, 0.05) is 6.04 Å². The van der Waals surface area contributed by atoms with E-state index in [9.17, 15) is 0 Å². The molecule has 4 heteroatoms. The fourth-order valence-corrected chi connectivity index (χ4v) is 4.56. The summed E-state index contributed by atoms with van der Waals surface area (Å²) in [7, 11) is 2.06. The summed E-state index contributed by atoms with van der Waals surface area (Å²) in [5.41, 5.74) is 1.19. The molecule has 2 bridgehead atoms. The quantitative estimate of drug-likeness (QED) is 0.909. The van der Waals surface area contributed by atoms with Gasteiger partial charge >= 0.3 is 0 Å². The molecular formula is C15H24ClN3. The van der Waals surface area contributed by atoms with E-state index in [0.29, 0.717) is 12.1 Å². The van der Waals surface area contributed by atoms with E-state index in [0.717, 1.165) is 22.8 Å². The van der Waals surface area contributed by atoms with Gasteiger partial charge in [0.1, 0.15) is 0 Å². The monoisotopic (exact) mass is 281 g/mol. The minimum absolute atomic E-state index is 0.354. The van der Waals surface area contributed by atoms with Crippen molar-refractivity contribution in [2.24, 2.45) is 17.8 Å². The Morgan fingerprint density at radius 1 is 1.37 bits per heavy atom. The van der Waals surface area contributed by atoms with Crippen LogP contribution >= 0.6 is 11.6 Å². The van der Waals surface area contributed by atoms with Crippen LogP contribution in [0.4, 0.5) is 0 Å². The van der Waals surface area contributed by atoms with E-state index in [2.05, 4.69) is 36.0 Å². The van der Waals surface area contributed by atoms with Crippen molar-refractivity contribution in [2.75, 3.05) is 7.05 Å². The lowest BCUT2D eigenvalue weighted by Gasteiger charge is -2.31. The minimum atomic E-state index is 0.354. The molecule has 2 fully saturated rings. The molecule has 3 nitrogen and oxygen atoms in total. The molecule has 4 atom stereocenters. The molecule has 2 aliphatic carbocycles. The molecule has 2 aliphatic rings. The maximum Gasteiger partial charge on any atom is 0.0834 e. The summed E-state index contributed by atoms with van der Waals surface area (Å²) in [6, 6.07) is 0.713. The lowest BCUT2D eigenvalue weighted by molar-refractivity contribution is 0.247. The molecule has 1 heterocycles. The molecule has 1 aromatic rings. The molecule has 0 spiro atoms. The third kappa shape index (κ3) is 2.21. The summed E-state index contributed by atoms with van der Waals surface area (Å²) < 4.78 is 2.09. The number of hydrogen-bond acceptors (Lipinski definition) is 2. The molecule has 0 radical (unpaired) electrons. The van der Waals surface area contributed by atoms with E-state index in [-0.39, 0.29) is 0 Å². The topological polar surface area (TPSA) is 29.9 Å². The van der Waals surface area contributed by atoms with E-state index in [1.165, 1.54) is 31.4 Å². The van der Waals surface area contributed by atoms with Crippen LogP contribution in [0.3, 0.4) is 0 Å². The molecule has 1 aromatic heterocycles. The van der Waals surface area contributed by atoms with Crippen molar-refractivity contribution in [3.8, 4) is 0 Å². The number of hydrogen-bond donors (Lipinski definition) is 1. The number of nitrogens with zero attached hydrogens (tertiary/aromatic N) is 2. The SMILES string of the molecule is CNC(c1c(Cl)cnn1C(C)C)C1CC2CCC1C2. The van der Waals surface area contributed by atoms with Crippen LogP contribution in [-0.2, 0) is 0 Å². The van der Waals surface area contributed by atoms with Gasteiger partial charge in [0.15, 0.2) is 0 Å². The van der Waals surface area contributed by atoms with Crippen LogP contribution in [0.15, 0.2) is 6.20 Å². The molecule has 3 rings (SSSR count). The predicted molar refractivity (Wildman–Crippen MR) is 78.4 cm³/mol. The van der Waals surface area contributed by atoms with E-state index in [1.807, 2.05) is 0 Å². The highest BCUT2D eigenvalue weighted by atomic mass is 35.5. The molecule has 1 N–H and O–H groups in total. The maximum absolute atomic E-state index is 6.42. The summed E-state index contributed by atoms with van der Waals surface area (Å²) in [4.78, 5) is 0. The Kier molecular flexibility index (Phi) is 3.61. The van der Waals surface area contributed by atoms with E-state index >= 15 is 0 Å². The summed E-state index contributed by atoms with van der Waals surface area (Å²) in [5, 5.41) is 8.80. The lowest BCUT2D eigenvalue weighted by Crippen LogP contribution is -2.31. The summed E-state index contributed by atoms with van der Waals surface area (Å²) in [6.07, 6.45) is 7.43. The van der Waals surface area contributed by atoms with Gasteiger partial charge in [-0.2, -0.15) is 5.10 Å². The number of aromatic nitrogens is 2. The van der Waals surface area contributed by atoms with Crippen LogP contribution in [0.5, 0.6) is 0 Å². The number of halogens is 1. The second-order valence-electron chi connectivity index (χ2n) is 6.52. The fourth-order valence-electron chi connectivity index (χ4n) is 4.31. The smallest absolute Gasteiger partial charge is 0.0834 e. The third-order valence-electron chi connectivity index (χ3n) is 5.10. The van der Waals surface area contributed by atoms with E-state index < -0.39 is 0 Å². The van der Waals surface area contributed by atoms with Gasteiger partial charge in [-0.15, -0.1) is 0 Å². The van der Waals surface area contributed by atoms with Crippen molar-refractivity contribution in [3.05, 3.63) is 16.9 Å². The molecule has 0 aliphatic heterocycles. The predicted octanol–water partition coefficient (Wildman–Crippen LogP) is 3.81. The second-order valence-corrected chi connectivity index (χ2v) is 6.93. The van der Waals surface area contributed by atoms with Gasteiger partial charge in [-0.25, -0.2) is 0 Å². The van der Waals surface area contributed by atoms with Gasteiger partial charge in [-0.05, 0) is 57.9 Å². The molecular weight excluding hydrogens is 258 g/mol. The number of rotatable bonds is 4. The van der Waals surface area contributed by atoms with Crippen LogP contribution in [0.1, 0.15) is 57.3 Å². The zero-order valence-electron chi connectivity index (χ0n) is 12.1. The Morgan fingerprint density at radius 2 is 2.16 bits per heavy atom. The first-order chi connectivity index (χ1) is 9.11. The summed E-state index contributed by atoms with van der Waals surface area (Å²) in [6.45, 7) is 4.33. The lowest BCUT2D eigenvalue weighted by atomic mass is 9.82. The molecule has 4 unspecified atom stereocenters. The second kappa shape index (κ2) is 5.10. The molecule has 0 amide bonds.